The van der Waals surface area contributed by atoms with Gasteiger partial charge in [-0.3, -0.25) is 0 Å². The van der Waals surface area contributed by atoms with Crippen molar-refractivity contribution < 1.29 is 0 Å². The van der Waals surface area contributed by atoms with E-state index in [0.29, 0.717) is 6.04 Å². The van der Waals surface area contributed by atoms with Crippen molar-refractivity contribution in [3.63, 3.8) is 0 Å². The summed E-state index contributed by atoms with van der Waals surface area (Å²) >= 11 is 0. The Morgan fingerprint density at radius 3 is 2.59 bits per heavy atom. The van der Waals surface area contributed by atoms with Gasteiger partial charge in [-0.1, -0.05) is 26.7 Å². The lowest BCUT2D eigenvalue weighted by atomic mass is 10.0. The quantitative estimate of drug-likeness (QED) is 0.726. The Bertz CT molecular complexity index is 302. The standard InChI is InChI=1S/C15H28N2/c1-5-17-10-9-15(12-17)11-16-14(4)8-6-7-13(2)3/h9-10,12-14,16H,5-8,11H2,1-4H3. The van der Waals surface area contributed by atoms with Gasteiger partial charge in [-0.25, -0.2) is 0 Å². The van der Waals surface area contributed by atoms with Gasteiger partial charge in [0.25, 0.3) is 0 Å². The third-order valence-electron chi connectivity index (χ3n) is 3.25. The SMILES string of the molecule is CCn1ccc(CNC(C)CCCC(C)C)c1. The molecule has 1 N–H and O–H groups in total. The van der Waals surface area contributed by atoms with Crippen LogP contribution in [0.1, 0.15) is 52.5 Å². The molecule has 0 saturated carbocycles. The maximum absolute atomic E-state index is 3.60. The zero-order valence-corrected chi connectivity index (χ0v) is 11.9. The van der Waals surface area contributed by atoms with Crippen LogP contribution < -0.4 is 5.32 Å². The molecule has 2 heteroatoms. The largest absolute Gasteiger partial charge is 0.354 e. The molecular weight excluding hydrogens is 208 g/mol. The van der Waals surface area contributed by atoms with Gasteiger partial charge in [0.15, 0.2) is 0 Å². The lowest BCUT2D eigenvalue weighted by Gasteiger charge is -2.13. The Labute approximate surface area is 106 Å². The molecule has 0 spiro atoms. The normalized spacial score (nSPS) is 13.2. The number of nitrogens with zero attached hydrogens (tertiary/aromatic N) is 1. The van der Waals surface area contributed by atoms with E-state index in [1.165, 1.54) is 24.8 Å². The Morgan fingerprint density at radius 2 is 2.00 bits per heavy atom. The van der Waals surface area contributed by atoms with E-state index in [1.807, 2.05) is 0 Å². The summed E-state index contributed by atoms with van der Waals surface area (Å²) in [6, 6.07) is 2.83. The fourth-order valence-electron chi connectivity index (χ4n) is 2.02. The molecule has 1 unspecified atom stereocenters. The lowest BCUT2D eigenvalue weighted by molar-refractivity contribution is 0.457. The van der Waals surface area contributed by atoms with Crippen LogP contribution >= 0.6 is 0 Å². The lowest BCUT2D eigenvalue weighted by Crippen LogP contribution is -2.25. The predicted molar refractivity (Wildman–Crippen MR) is 75.1 cm³/mol. The number of rotatable bonds is 8. The van der Waals surface area contributed by atoms with Gasteiger partial charge in [-0.15, -0.1) is 0 Å². The van der Waals surface area contributed by atoms with Gasteiger partial charge in [0.2, 0.25) is 0 Å². The zero-order chi connectivity index (χ0) is 12.7. The van der Waals surface area contributed by atoms with Crippen LogP contribution in [0.4, 0.5) is 0 Å². The first-order valence-electron chi connectivity index (χ1n) is 6.99. The van der Waals surface area contributed by atoms with Gasteiger partial charge in [-0.05, 0) is 37.8 Å². The Kier molecular flexibility index (Phi) is 6.35. The average molecular weight is 236 g/mol. The first kappa shape index (κ1) is 14.3. The maximum Gasteiger partial charge on any atom is 0.0223 e. The monoisotopic (exact) mass is 236 g/mol. The van der Waals surface area contributed by atoms with Crippen molar-refractivity contribution in [2.24, 2.45) is 5.92 Å². The average Bonchev–Trinajstić information content (AvgIpc) is 2.73. The molecule has 0 fully saturated rings. The molecular formula is C15H28N2. The van der Waals surface area contributed by atoms with Crippen molar-refractivity contribution in [3.05, 3.63) is 24.0 Å². The molecule has 1 atom stereocenters. The molecule has 1 heterocycles. The molecule has 17 heavy (non-hydrogen) atoms. The maximum atomic E-state index is 3.60. The summed E-state index contributed by atoms with van der Waals surface area (Å²) in [7, 11) is 0. The molecule has 2 nitrogen and oxygen atoms in total. The van der Waals surface area contributed by atoms with E-state index in [2.05, 4.69) is 56.0 Å². The van der Waals surface area contributed by atoms with E-state index in [0.717, 1.165) is 19.0 Å². The van der Waals surface area contributed by atoms with Crippen molar-refractivity contribution in [1.82, 2.24) is 9.88 Å². The predicted octanol–water partition coefficient (Wildman–Crippen LogP) is 3.81. The van der Waals surface area contributed by atoms with Crippen molar-refractivity contribution in [3.8, 4) is 0 Å². The van der Waals surface area contributed by atoms with Crippen LogP contribution in [0, 0.1) is 5.92 Å². The third-order valence-corrected chi connectivity index (χ3v) is 3.25. The van der Waals surface area contributed by atoms with Crippen LogP contribution in [0.2, 0.25) is 0 Å². The molecule has 0 bridgehead atoms. The van der Waals surface area contributed by atoms with Crippen LogP contribution in [-0.2, 0) is 13.1 Å². The number of aromatic nitrogens is 1. The Hall–Kier alpha value is -0.760. The van der Waals surface area contributed by atoms with Crippen molar-refractivity contribution >= 4 is 0 Å². The summed E-state index contributed by atoms with van der Waals surface area (Å²) in [6.45, 7) is 11.1. The molecule has 0 aromatic carbocycles. The van der Waals surface area contributed by atoms with Crippen molar-refractivity contribution in [2.45, 2.75) is 66.1 Å². The second-order valence-electron chi connectivity index (χ2n) is 5.46. The summed E-state index contributed by atoms with van der Waals surface area (Å²) in [5.74, 6) is 0.834. The van der Waals surface area contributed by atoms with Crippen molar-refractivity contribution in [1.29, 1.82) is 0 Å². The molecule has 0 amide bonds. The highest BCUT2D eigenvalue weighted by molar-refractivity contribution is 5.09. The number of nitrogens with one attached hydrogen (secondary N) is 1. The van der Waals surface area contributed by atoms with Gasteiger partial charge in [0.1, 0.15) is 0 Å². The minimum absolute atomic E-state index is 0.624. The highest BCUT2D eigenvalue weighted by atomic mass is 14.9. The number of hydrogen-bond donors (Lipinski definition) is 1. The molecule has 98 valence electrons. The fraction of sp³-hybridized carbons (Fsp3) is 0.733. The number of aryl methyl sites for hydroxylation is 1. The molecule has 1 aromatic rings. The summed E-state index contributed by atoms with van der Waals surface area (Å²) in [5.41, 5.74) is 1.39. The van der Waals surface area contributed by atoms with Gasteiger partial charge in [-0.2, -0.15) is 0 Å². The van der Waals surface area contributed by atoms with E-state index in [1.54, 1.807) is 0 Å². The van der Waals surface area contributed by atoms with Crippen LogP contribution in [0.5, 0.6) is 0 Å². The Morgan fingerprint density at radius 1 is 1.24 bits per heavy atom. The van der Waals surface area contributed by atoms with Gasteiger partial charge >= 0.3 is 0 Å². The molecule has 0 radical (unpaired) electrons. The van der Waals surface area contributed by atoms with Gasteiger partial charge < -0.3 is 9.88 Å². The summed E-state index contributed by atoms with van der Waals surface area (Å²) in [6.07, 6.45) is 8.35. The second-order valence-corrected chi connectivity index (χ2v) is 5.46. The van der Waals surface area contributed by atoms with E-state index in [-0.39, 0.29) is 0 Å². The minimum atomic E-state index is 0.624. The van der Waals surface area contributed by atoms with Gasteiger partial charge in [0, 0.05) is 31.5 Å². The third kappa shape index (κ3) is 5.92. The van der Waals surface area contributed by atoms with Crippen LogP contribution in [0.15, 0.2) is 18.5 Å². The Balaban J connectivity index is 2.16. The summed E-state index contributed by atoms with van der Waals surface area (Å²) in [5, 5.41) is 3.60. The smallest absolute Gasteiger partial charge is 0.0223 e. The molecule has 0 aliphatic rings. The molecule has 0 saturated heterocycles. The first-order chi connectivity index (χ1) is 8.11. The highest BCUT2D eigenvalue weighted by Gasteiger charge is 2.03. The van der Waals surface area contributed by atoms with Crippen LogP contribution in [0.3, 0.4) is 0 Å². The van der Waals surface area contributed by atoms with E-state index in [4.69, 9.17) is 0 Å². The fourth-order valence-corrected chi connectivity index (χ4v) is 2.02. The molecule has 1 rings (SSSR count). The summed E-state index contributed by atoms with van der Waals surface area (Å²) in [4.78, 5) is 0. The minimum Gasteiger partial charge on any atom is -0.354 e. The molecule has 0 aliphatic carbocycles. The van der Waals surface area contributed by atoms with Gasteiger partial charge in [0.05, 0.1) is 0 Å². The summed E-state index contributed by atoms with van der Waals surface area (Å²) < 4.78 is 2.22. The molecule has 1 aromatic heterocycles. The van der Waals surface area contributed by atoms with E-state index < -0.39 is 0 Å². The highest BCUT2D eigenvalue weighted by Crippen LogP contribution is 2.09. The van der Waals surface area contributed by atoms with E-state index >= 15 is 0 Å². The van der Waals surface area contributed by atoms with Crippen LogP contribution in [-0.4, -0.2) is 10.6 Å². The van der Waals surface area contributed by atoms with E-state index in [9.17, 15) is 0 Å². The molecule has 0 aliphatic heterocycles. The zero-order valence-electron chi connectivity index (χ0n) is 11.9. The first-order valence-corrected chi connectivity index (χ1v) is 6.99. The van der Waals surface area contributed by atoms with Crippen LogP contribution in [0.25, 0.3) is 0 Å². The topological polar surface area (TPSA) is 17.0 Å². The van der Waals surface area contributed by atoms with Crippen molar-refractivity contribution in [2.75, 3.05) is 0 Å². The number of hydrogen-bond acceptors (Lipinski definition) is 1. The second kappa shape index (κ2) is 7.54.